The van der Waals surface area contributed by atoms with Crippen LogP contribution in [0.4, 0.5) is 0 Å². The van der Waals surface area contributed by atoms with E-state index in [1.54, 1.807) is 6.20 Å². The van der Waals surface area contributed by atoms with Crippen LogP contribution >= 0.6 is 0 Å². The molecule has 2 aromatic rings. The highest BCUT2D eigenvalue weighted by atomic mass is 16.1. The summed E-state index contributed by atoms with van der Waals surface area (Å²) in [5, 5.41) is 7.76. The molecule has 5 nitrogen and oxygen atoms in total. The number of amides is 1. The van der Waals surface area contributed by atoms with Crippen molar-refractivity contribution in [2.75, 3.05) is 0 Å². The Morgan fingerprint density at radius 2 is 2.33 bits per heavy atom. The van der Waals surface area contributed by atoms with Crippen LogP contribution in [0.3, 0.4) is 0 Å². The molecule has 0 saturated heterocycles. The first-order valence-corrected chi connectivity index (χ1v) is 4.64. The average Bonchev–Trinajstić information content (AvgIpc) is 2.64. The molecule has 0 saturated carbocycles. The molecule has 1 atom stereocenters. The zero-order valence-electron chi connectivity index (χ0n) is 8.10. The average molecular weight is 204 g/mol. The van der Waals surface area contributed by atoms with Crippen molar-refractivity contribution < 1.29 is 4.79 Å². The normalized spacial score (nSPS) is 12.9. The van der Waals surface area contributed by atoms with Gasteiger partial charge in [0.05, 0.1) is 17.8 Å². The zero-order chi connectivity index (χ0) is 10.8. The van der Waals surface area contributed by atoms with Gasteiger partial charge in [0.2, 0.25) is 5.91 Å². The maximum atomic E-state index is 10.8. The maximum Gasteiger partial charge on any atom is 0.234 e. The summed E-state index contributed by atoms with van der Waals surface area (Å²) in [5.41, 5.74) is 12.6. The number of carbonyl (C=O) groups excluding carboxylic acids is 1. The van der Waals surface area contributed by atoms with Crippen molar-refractivity contribution in [2.24, 2.45) is 11.5 Å². The second-order valence-corrected chi connectivity index (χ2v) is 3.50. The molecule has 15 heavy (non-hydrogen) atoms. The highest BCUT2D eigenvalue weighted by molar-refractivity contribution is 5.81. The summed E-state index contributed by atoms with van der Waals surface area (Å²) < 4.78 is 0. The number of rotatable bonds is 3. The SMILES string of the molecule is NC(=O)C(N)Cc1ccc2[nH]ncc2c1. The largest absolute Gasteiger partial charge is 0.368 e. The van der Waals surface area contributed by atoms with Gasteiger partial charge in [0.25, 0.3) is 0 Å². The fraction of sp³-hybridized carbons (Fsp3) is 0.200. The molecule has 78 valence electrons. The van der Waals surface area contributed by atoms with Gasteiger partial charge >= 0.3 is 0 Å². The zero-order valence-corrected chi connectivity index (χ0v) is 8.10. The number of fused-ring (bicyclic) bond motifs is 1. The second kappa shape index (κ2) is 3.70. The van der Waals surface area contributed by atoms with Crippen LogP contribution < -0.4 is 11.5 Å². The number of aromatic amines is 1. The lowest BCUT2D eigenvalue weighted by Crippen LogP contribution is -2.38. The quantitative estimate of drug-likeness (QED) is 0.652. The molecule has 0 aliphatic heterocycles. The fourth-order valence-electron chi connectivity index (χ4n) is 1.47. The van der Waals surface area contributed by atoms with Gasteiger partial charge < -0.3 is 11.5 Å². The molecule has 0 spiro atoms. The van der Waals surface area contributed by atoms with Crippen LogP contribution in [0.25, 0.3) is 10.9 Å². The van der Waals surface area contributed by atoms with Gasteiger partial charge in [-0.15, -0.1) is 0 Å². The number of nitrogens with zero attached hydrogens (tertiary/aromatic N) is 1. The molecule has 0 aliphatic rings. The number of H-pyrrole nitrogens is 1. The second-order valence-electron chi connectivity index (χ2n) is 3.50. The van der Waals surface area contributed by atoms with E-state index in [4.69, 9.17) is 11.5 Å². The fourth-order valence-corrected chi connectivity index (χ4v) is 1.47. The molecule has 5 heteroatoms. The third-order valence-electron chi connectivity index (χ3n) is 2.33. The van der Waals surface area contributed by atoms with E-state index < -0.39 is 11.9 Å². The summed E-state index contributed by atoms with van der Waals surface area (Å²) >= 11 is 0. The van der Waals surface area contributed by atoms with E-state index in [0.29, 0.717) is 6.42 Å². The Bertz CT molecular complexity index is 491. The van der Waals surface area contributed by atoms with E-state index >= 15 is 0 Å². The first kappa shape index (κ1) is 9.67. The molecular formula is C10H12N4O. The molecule has 1 amide bonds. The van der Waals surface area contributed by atoms with Gasteiger partial charge in [0.1, 0.15) is 0 Å². The summed E-state index contributed by atoms with van der Waals surface area (Å²) in [6, 6.07) is 5.13. The number of hydrogen-bond donors (Lipinski definition) is 3. The van der Waals surface area contributed by atoms with Crippen LogP contribution in [0.15, 0.2) is 24.4 Å². The Hall–Kier alpha value is -1.88. The topological polar surface area (TPSA) is 97.8 Å². The minimum atomic E-state index is -0.630. The molecule has 2 rings (SSSR count). The van der Waals surface area contributed by atoms with Crippen molar-refractivity contribution in [3.63, 3.8) is 0 Å². The predicted octanol–water partition coefficient (Wildman–Crippen LogP) is -0.0820. The number of hydrogen-bond acceptors (Lipinski definition) is 3. The molecule has 0 bridgehead atoms. The summed E-state index contributed by atoms with van der Waals surface area (Å²) in [6.45, 7) is 0. The van der Waals surface area contributed by atoms with Crippen LogP contribution in [-0.2, 0) is 11.2 Å². The lowest BCUT2D eigenvalue weighted by atomic mass is 10.0. The smallest absolute Gasteiger partial charge is 0.234 e. The van der Waals surface area contributed by atoms with E-state index in [1.807, 2.05) is 18.2 Å². The van der Waals surface area contributed by atoms with Crippen molar-refractivity contribution in [1.82, 2.24) is 10.2 Å². The van der Waals surface area contributed by atoms with Gasteiger partial charge in [0.15, 0.2) is 0 Å². The monoisotopic (exact) mass is 204 g/mol. The van der Waals surface area contributed by atoms with E-state index in [2.05, 4.69) is 10.2 Å². The number of benzene rings is 1. The van der Waals surface area contributed by atoms with Gasteiger partial charge in [-0.3, -0.25) is 9.89 Å². The van der Waals surface area contributed by atoms with E-state index in [-0.39, 0.29) is 0 Å². The standard InChI is InChI=1S/C10H12N4O/c11-8(10(12)15)4-6-1-2-9-7(3-6)5-13-14-9/h1-3,5,8H,4,11H2,(H2,12,15)(H,13,14). The first-order chi connectivity index (χ1) is 7.16. The lowest BCUT2D eigenvalue weighted by molar-refractivity contribution is -0.119. The number of nitrogens with one attached hydrogen (secondary N) is 1. The number of aromatic nitrogens is 2. The molecule has 1 aromatic carbocycles. The number of carbonyl (C=O) groups is 1. The van der Waals surface area contributed by atoms with Gasteiger partial charge in [-0.1, -0.05) is 6.07 Å². The Kier molecular flexibility index (Phi) is 2.39. The Labute approximate surface area is 86.4 Å². The predicted molar refractivity (Wildman–Crippen MR) is 57.0 cm³/mol. The summed E-state index contributed by atoms with van der Waals surface area (Å²) in [7, 11) is 0. The molecule has 0 aliphatic carbocycles. The molecule has 5 N–H and O–H groups in total. The highest BCUT2D eigenvalue weighted by Gasteiger charge is 2.10. The maximum absolute atomic E-state index is 10.8. The van der Waals surface area contributed by atoms with Gasteiger partial charge in [-0.2, -0.15) is 5.10 Å². The van der Waals surface area contributed by atoms with Crippen LogP contribution in [-0.4, -0.2) is 22.1 Å². The van der Waals surface area contributed by atoms with Crippen LogP contribution in [0.1, 0.15) is 5.56 Å². The van der Waals surface area contributed by atoms with Crippen molar-refractivity contribution in [1.29, 1.82) is 0 Å². The Balaban J connectivity index is 2.24. The van der Waals surface area contributed by atoms with Crippen molar-refractivity contribution in [2.45, 2.75) is 12.5 Å². The molecule has 0 fully saturated rings. The van der Waals surface area contributed by atoms with Crippen molar-refractivity contribution in [3.8, 4) is 0 Å². The third-order valence-corrected chi connectivity index (χ3v) is 2.33. The number of nitrogens with two attached hydrogens (primary N) is 2. The van der Waals surface area contributed by atoms with E-state index in [0.717, 1.165) is 16.5 Å². The van der Waals surface area contributed by atoms with Gasteiger partial charge in [-0.05, 0) is 24.1 Å². The lowest BCUT2D eigenvalue weighted by Gasteiger charge is -2.06. The highest BCUT2D eigenvalue weighted by Crippen LogP contribution is 2.13. The molecule has 1 heterocycles. The van der Waals surface area contributed by atoms with Gasteiger partial charge in [-0.25, -0.2) is 0 Å². The van der Waals surface area contributed by atoms with Gasteiger partial charge in [0, 0.05) is 5.39 Å². The van der Waals surface area contributed by atoms with E-state index in [1.165, 1.54) is 0 Å². The van der Waals surface area contributed by atoms with Crippen molar-refractivity contribution in [3.05, 3.63) is 30.0 Å². The summed E-state index contributed by atoms with van der Waals surface area (Å²) in [6.07, 6.45) is 2.19. The molecule has 1 unspecified atom stereocenters. The first-order valence-electron chi connectivity index (χ1n) is 4.64. The van der Waals surface area contributed by atoms with Crippen LogP contribution in [0.2, 0.25) is 0 Å². The van der Waals surface area contributed by atoms with Crippen LogP contribution in [0, 0.1) is 0 Å². The van der Waals surface area contributed by atoms with E-state index in [9.17, 15) is 4.79 Å². The molecular weight excluding hydrogens is 192 g/mol. The minimum Gasteiger partial charge on any atom is -0.368 e. The third kappa shape index (κ3) is 1.97. The summed E-state index contributed by atoms with van der Waals surface area (Å²) in [4.78, 5) is 10.8. The Morgan fingerprint density at radius 1 is 1.53 bits per heavy atom. The summed E-state index contributed by atoms with van der Waals surface area (Å²) in [5.74, 6) is -0.484. The Morgan fingerprint density at radius 3 is 3.07 bits per heavy atom. The number of primary amides is 1. The van der Waals surface area contributed by atoms with Crippen LogP contribution in [0.5, 0.6) is 0 Å². The molecule has 0 radical (unpaired) electrons. The minimum absolute atomic E-state index is 0.455. The van der Waals surface area contributed by atoms with Crippen molar-refractivity contribution >= 4 is 16.8 Å². The molecule has 1 aromatic heterocycles.